The van der Waals surface area contributed by atoms with Gasteiger partial charge in [0.05, 0.1) is 0 Å². The van der Waals surface area contributed by atoms with Crippen molar-refractivity contribution in [1.29, 1.82) is 0 Å². The summed E-state index contributed by atoms with van der Waals surface area (Å²) in [6.45, 7) is 6.06. The van der Waals surface area contributed by atoms with E-state index in [4.69, 9.17) is 5.11 Å². The van der Waals surface area contributed by atoms with Gasteiger partial charge >= 0.3 is 5.97 Å². The first-order chi connectivity index (χ1) is 10.2. The van der Waals surface area contributed by atoms with Crippen molar-refractivity contribution in [2.45, 2.75) is 52.9 Å². The molecule has 5 nitrogen and oxygen atoms in total. The van der Waals surface area contributed by atoms with E-state index in [9.17, 15) is 14.4 Å². The molecule has 22 heavy (non-hydrogen) atoms. The van der Waals surface area contributed by atoms with Gasteiger partial charge in [-0.15, -0.1) is 0 Å². The first-order valence-corrected chi connectivity index (χ1v) is 8.00. The van der Waals surface area contributed by atoms with E-state index in [1.54, 1.807) is 0 Å². The fourth-order valence-electron chi connectivity index (χ4n) is 5.15. The van der Waals surface area contributed by atoms with Crippen LogP contribution < -0.4 is 0 Å². The minimum absolute atomic E-state index is 0.148. The van der Waals surface area contributed by atoms with E-state index in [-0.39, 0.29) is 22.6 Å². The van der Waals surface area contributed by atoms with Crippen LogP contribution in [-0.2, 0) is 14.4 Å². The van der Waals surface area contributed by atoms with Crippen molar-refractivity contribution in [3.63, 3.8) is 0 Å². The van der Waals surface area contributed by atoms with Crippen LogP contribution in [0.25, 0.3) is 0 Å². The second-order valence-corrected chi connectivity index (χ2v) is 7.79. The smallest absolute Gasteiger partial charge is 0.323 e. The maximum atomic E-state index is 12.7. The lowest BCUT2D eigenvalue weighted by atomic mass is 9.50. The lowest BCUT2D eigenvalue weighted by molar-refractivity contribution is -0.148. The summed E-state index contributed by atoms with van der Waals surface area (Å²) in [5.41, 5.74) is 1.04. The number of aliphatic carboxylic acids is 1. The van der Waals surface area contributed by atoms with Crippen LogP contribution >= 0.6 is 0 Å². The Kier molecular flexibility index (Phi) is 3.24. The topological polar surface area (TPSA) is 74.7 Å². The molecule has 1 heterocycles. The molecule has 1 N–H and O–H groups in total. The molecule has 0 aromatic carbocycles. The van der Waals surface area contributed by atoms with Crippen molar-refractivity contribution in [2.24, 2.45) is 16.7 Å². The molecule has 1 aliphatic heterocycles. The quantitative estimate of drug-likeness (QED) is 0.795. The maximum Gasteiger partial charge on any atom is 0.323 e. The van der Waals surface area contributed by atoms with Gasteiger partial charge in [0, 0.05) is 16.6 Å². The summed E-state index contributed by atoms with van der Waals surface area (Å²) in [5, 5.41) is 8.96. The van der Waals surface area contributed by atoms with Crippen LogP contribution in [0.4, 0.5) is 0 Å². The van der Waals surface area contributed by atoms with Crippen LogP contribution in [0, 0.1) is 16.7 Å². The Bertz CT molecular complexity index is 604. The lowest BCUT2D eigenvalue weighted by Gasteiger charge is -2.53. The molecule has 3 aliphatic rings. The molecule has 1 fully saturated rings. The van der Waals surface area contributed by atoms with Gasteiger partial charge in [-0.25, -0.2) is 0 Å². The average molecular weight is 305 g/mol. The van der Waals surface area contributed by atoms with Crippen LogP contribution in [-0.4, -0.2) is 34.3 Å². The number of carboxylic acids is 1. The van der Waals surface area contributed by atoms with Gasteiger partial charge in [0.25, 0.3) is 11.8 Å². The highest BCUT2D eigenvalue weighted by atomic mass is 16.4. The van der Waals surface area contributed by atoms with E-state index < -0.39 is 12.5 Å². The Morgan fingerprint density at radius 2 is 1.91 bits per heavy atom. The summed E-state index contributed by atoms with van der Waals surface area (Å²) in [6.07, 6.45) is 4.58. The molecule has 2 atom stereocenters. The summed E-state index contributed by atoms with van der Waals surface area (Å²) >= 11 is 0. The van der Waals surface area contributed by atoms with E-state index >= 15 is 0 Å². The number of rotatable bonds is 2. The lowest BCUT2D eigenvalue weighted by Crippen LogP contribution is -2.47. The molecule has 0 saturated heterocycles. The Balaban J connectivity index is 2.04. The highest BCUT2D eigenvalue weighted by Gasteiger charge is 2.57. The van der Waals surface area contributed by atoms with Crippen molar-refractivity contribution < 1.29 is 19.5 Å². The molecule has 0 bridgehead atoms. The number of nitrogens with zero attached hydrogens (tertiary/aromatic N) is 1. The maximum absolute atomic E-state index is 12.7. The molecule has 2 aliphatic carbocycles. The van der Waals surface area contributed by atoms with Gasteiger partial charge in [-0.05, 0) is 37.0 Å². The fourth-order valence-corrected chi connectivity index (χ4v) is 5.15. The third kappa shape index (κ3) is 1.94. The molecule has 0 aromatic heterocycles. The molecule has 0 radical (unpaired) electrons. The third-order valence-electron chi connectivity index (χ3n) is 6.04. The Morgan fingerprint density at radius 3 is 2.55 bits per heavy atom. The number of imide groups is 1. The van der Waals surface area contributed by atoms with Crippen molar-refractivity contribution in [3.8, 4) is 0 Å². The second-order valence-electron chi connectivity index (χ2n) is 7.79. The average Bonchev–Trinajstić information content (AvgIpc) is 2.63. The zero-order valence-electron chi connectivity index (χ0n) is 13.4. The first kappa shape index (κ1) is 15.3. The summed E-state index contributed by atoms with van der Waals surface area (Å²) in [4.78, 5) is 37.1. The van der Waals surface area contributed by atoms with Gasteiger partial charge < -0.3 is 5.11 Å². The first-order valence-electron chi connectivity index (χ1n) is 8.00. The summed E-state index contributed by atoms with van der Waals surface area (Å²) < 4.78 is 0. The highest BCUT2D eigenvalue weighted by Crippen LogP contribution is 2.60. The molecular formula is C17H23NO4. The van der Waals surface area contributed by atoms with Gasteiger partial charge in [-0.1, -0.05) is 27.2 Å². The van der Waals surface area contributed by atoms with Crippen LogP contribution in [0.15, 0.2) is 11.1 Å². The predicted octanol–water partition coefficient (Wildman–Crippen LogP) is 2.36. The van der Waals surface area contributed by atoms with Crippen molar-refractivity contribution in [2.75, 3.05) is 6.54 Å². The Hall–Kier alpha value is -1.65. The van der Waals surface area contributed by atoms with Gasteiger partial charge in [0.1, 0.15) is 6.54 Å². The molecule has 0 aromatic rings. The largest absolute Gasteiger partial charge is 0.480 e. The van der Waals surface area contributed by atoms with E-state index in [1.165, 1.54) is 0 Å². The molecule has 5 heteroatoms. The van der Waals surface area contributed by atoms with E-state index in [2.05, 4.69) is 20.8 Å². The monoisotopic (exact) mass is 305 g/mol. The molecule has 3 rings (SSSR count). The van der Waals surface area contributed by atoms with Crippen molar-refractivity contribution in [1.82, 2.24) is 4.90 Å². The molecule has 120 valence electrons. The standard InChI is InChI=1S/C17H23NO4/c1-16(2)7-4-8-17(3)11(16)6-5-10-13(17)15(22)18(14(10)21)9-12(19)20/h11H,4-9H2,1-3H3,(H,19,20)/t11-,17-/m0/s1. The third-order valence-corrected chi connectivity index (χ3v) is 6.04. The molecule has 1 saturated carbocycles. The molecule has 0 unspecified atom stereocenters. The van der Waals surface area contributed by atoms with E-state index in [0.29, 0.717) is 23.5 Å². The minimum Gasteiger partial charge on any atom is -0.480 e. The zero-order chi connectivity index (χ0) is 16.3. The summed E-state index contributed by atoms with van der Waals surface area (Å²) in [7, 11) is 0. The zero-order valence-corrected chi connectivity index (χ0v) is 13.4. The van der Waals surface area contributed by atoms with Crippen LogP contribution in [0.1, 0.15) is 52.9 Å². The summed E-state index contributed by atoms with van der Waals surface area (Å²) in [6, 6.07) is 0. The second kappa shape index (κ2) is 4.67. The minimum atomic E-state index is -1.15. The van der Waals surface area contributed by atoms with Gasteiger partial charge in [0.2, 0.25) is 0 Å². The summed E-state index contributed by atoms with van der Waals surface area (Å²) in [5.74, 6) is -1.53. The predicted molar refractivity (Wildman–Crippen MR) is 79.8 cm³/mol. The fraction of sp³-hybridized carbons (Fsp3) is 0.706. The number of carbonyl (C=O) groups is 3. The number of hydrogen-bond donors (Lipinski definition) is 1. The Morgan fingerprint density at radius 1 is 1.23 bits per heavy atom. The van der Waals surface area contributed by atoms with Crippen LogP contribution in [0.3, 0.4) is 0 Å². The molecule has 0 spiro atoms. The van der Waals surface area contributed by atoms with E-state index in [0.717, 1.165) is 30.6 Å². The Labute approximate surface area is 130 Å². The van der Waals surface area contributed by atoms with Gasteiger partial charge in [-0.2, -0.15) is 0 Å². The normalized spacial score (nSPS) is 33.8. The highest BCUT2D eigenvalue weighted by molar-refractivity contribution is 6.21. The molecule has 2 amide bonds. The van der Waals surface area contributed by atoms with Gasteiger partial charge in [-0.3, -0.25) is 19.3 Å². The van der Waals surface area contributed by atoms with E-state index in [1.807, 2.05) is 0 Å². The number of amides is 2. The van der Waals surface area contributed by atoms with Crippen LogP contribution in [0.5, 0.6) is 0 Å². The number of carboxylic acid groups (broad SMARTS) is 1. The van der Waals surface area contributed by atoms with Crippen molar-refractivity contribution in [3.05, 3.63) is 11.1 Å². The van der Waals surface area contributed by atoms with Crippen LogP contribution in [0.2, 0.25) is 0 Å². The number of hydrogen-bond acceptors (Lipinski definition) is 3. The SMILES string of the molecule is CC1(C)CCC[C@]2(C)C3=C(CC[C@@H]12)C(=O)N(CC(=O)O)C3=O. The number of fused-ring (bicyclic) bond motifs is 2. The molecular weight excluding hydrogens is 282 g/mol. The van der Waals surface area contributed by atoms with Crippen molar-refractivity contribution >= 4 is 17.8 Å². The van der Waals surface area contributed by atoms with Gasteiger partial charge in [0.15, 0.2) is 0 Å². The number of carbonyl (C=O) groups excluding carboxylic acids is 2.